The van der Waals surface area contributed by atoms with Crippen LogP contribution in [0, 0.1) is 0 Å². The fourth-order valence-electron chi connectivity index (χ4n) is 3.07. The molecule has 1 aromatic carbocycles. The van der Waals surface area contributed by atoms with E-state index in [9.17, 15) is 26.4 Å². The van der Waals surface area contributed by atoms with Gasteiger partial charge < -0.3 is 10.1 Å². The average Bonchev–Trinajstić information content (AvgIpc) is 2.69. The normalized spacial score (nSPS) is 16.0. The van der Waals surface area contributed by atoms with Crippen LogP contribution in [0.2, 0.25) is 0 Å². The van der Waals surface area contributed by atoms with E-state index < -0.39 is 22.7 Å². The van der Waals surface area contributed by atoms with Crippen LogP contribution < -0.4 is 5.32 Å². The van der Waals surface area contributed by atoms with Crippen molar-refractivity contribution in [2.75, 3.05) is 53.0 Å². The molecule has 1 amide bonds. The minimum atomic E-state index is -4.23. The Labute approximate surface area is 175 Å². The van der Waals surface area contributed by atoms with E-state index in [0.29, 0.717) is 45.7 Å². The van der Waals surface area contributed by atoms with Crippen molar-refractivity contribution in [3.63, 3.8) is 0 Å². The number of rotatable bonds is 10. The maximum Gasteiger partial charge on any atom is 0.401 e. The fraction of sp³-hybridized carbons (Fsp3) is 0.632. The number of hydrogen-bond acceptors (Lipinski definition) is 5. The van der Waals surface area contributed by atoms with E-state index in [4.69, 9.17) is 4.74 Å². The van der Waals surface area contributed by atoms with Gasteiger partial charge in [0, 0.05) is 26.1 Å². The highest BCUT2D eigenvalue weighted by atomic mass is 32.2. The van der Waals surface area contributed by atoms with E-state index in [2.05, 4.69) is 5.32 Å². The summed E-state index contributed by atoms with van der Waals surface area (Å²) in [4.78, 5) is 13.3. The molecule has 30 heavy (non-hydrogen) atoms. The van der Waals surface area contributed by atoms with Crippen LogP contribution in [0.15, 0.2) is 29.2 Å². The lowest BCUT2D eigenvalue weighted by molar-refractivity contribution is -0.143. The van der Waals surface area contributed by atoms with E-state index in [1.54, 1.807) is 12.1 Å². The Morgan fingerprint density at radius 2 is 1.83 bits per heavy atom. The first-order valence-electron chi connectivity index (χ1n) is 9.77. The average molecular weight is 452 g/mol. The van der Waals surface area contributed by atoms with Gasteiger partial charge in [0.05, 0.1) is 24.7 Å². The van der Waals surface area contributed by atoms with E-state index in [1.807, 2.05) is 0 Å². The van der Waals surface area contributed by atoms with Crippen molar-refractivity contribution < 1.29 is 31.1 Å². The second-order valence-electron chi connectivity index (χ2n) is 7.22. The molecule has 1 aromatic rings. The Bertz CT molecular complexity index is 779. The van der Waals surface area contributed by atoms with E-state index in [0.717, 1.165) is 5.56 Å². The number of morpholine rings is 1. The third kappa shape index (κ3) is 8.21. The summed E-state index contributed by atoms with van der Waals surface area (Å²) in [5.41, 5.74) is 0.830. The van der Waals surface area contributed by atoms with Crippen molar-refractivity contribution in [3.8, 4) is 0 Å². The van der Waals surface area contributed by atoms with Gasteiger partial charge in [0.2, 0.25) is 15.9 Å². The summed E-state index contributed by atoms with van der Waals surface area (Å²) in [6.07, 6.45) is -3.15. The number of nitrogens with one attached hydrogen (secondary N) is 1. The van der Waals surface area contributed by atoms with E-state index in [-0.39, 0.29) is 23.8 Å². The van der Waals surface area contributed by atoms with Crippen LogP contribution in [-0.2, 0) is 26.0 Å². The smallest absolute Gasteiger partial charge is 0.379 e. The molecule has 0 atom stereocenters. The van der Waals surface area contributed by atoms with E-state index >= 15 is 0 Å². The summed E-state index contributed by atoms with van der Waals surface area (Å²) < 4.78 is 68.4. The van der Waals surface area contributed by atoms with Crippen molar-refractivity contribution in [1.29, 1.82) is 0 Å². The van der Waals surface area contributed by atoms with Crippen molar-refractivity contribution in [1.82, 2.24) is 14.5 Å². The van der Waals surface area contributed by atoms with Gasteiger partial charge in [-0.15, -0.1) is 0 Å². The van der Waals surface area contributed by atoms with Crippen LogP contribution in [0.25, 0.3) is 0 Å². The van der Waals surface area contributed by atoms with Crippen LogP contribution in [0.1, 0.15) is 18.4 Å². The number of sulfonamides is 1. The molecule has 0 spiro atoms. The lowest BCUT2D eigenvalue weighted by Crippen LogP contribution is -2.40. The highest BCUT2D eigenvalue weighted by Crippen LogP contribution is 2.18. The van der Waals surface area contributed by atoms with Crippen LogP contribution in [0.5, 0.6) is 0 Å². The maximum atomic E-state index is 12.6. The van der Waals surface area contributed by atoms with E-state index in [1.165, 1.54) is 28.4 Å². The molecule has 0 saturated carbocycles. The minimum absolute atomic E-state index is 0.196. The molecule has 1 saturated heterocycles. The van der Waals surface area contributed by atoms with Gasteiger partial charge in [-0.2, -0.15) is 17.5 Å². The topological polar surface area (TPSA) is 79.0 Å². The first-order valence-corrected chi connectivity index (χ1v) is 11.2. The lowest BCUT2D eigenvalue weighted by atomic mass is 10.1. The Balaban J connectivity index is 1.71. The number of hydrogen-bond donors (Lipinski definition) is 1. The van der Waals surface area contributed by atoms with Crippen LogP contribution >= 0.6 is 0 Å². The molecule has 2 rings (SSSR count). The molecule has 1 fully saturated rings. The van der Waals surface area contributed by atoms with Gasteiger partial charge in [-0.3, -0.25) is 9.69 Å². The molecule has 170 valence electrons. The number of nitrogens with zero attached hydrogens (tertiary/aromatic N) is 2. The Morgan fingerprint density at radius 3 is 2.43 bits per heavy atom. The number of alkyl halides is 3. The predicted molar refractivity (Wildman–Crippen MR) is 106 cm³/mol. The van der Waals surface area contributed by atoms with Gasteiger partial charge in [-0.1, -0.05) is 12.1 Å². The largest absolute Gasteiger partial charge is 0.401 e. The summed E-state index contributed by atoms with van der Waals surface area (Å²) in [6, 6.07) is 6.45. The quantitative estimate of drug-likeness (QED) is 0.548. The third-order valence-corrected chi connectivity index (χ3v) is 6.57. The Hall–Kier alpha value is -1.69. The number of carbonyl (C=O) groups is 1. The third-order valence-electron chi connectivity index (χ3n) is 4.66. The number of aryl methyl sites for hydroxylation is 1. The van der Waals surface area contributed by atoms with Crippen LogP contribution in [0.4, 0.5) is 13.2 Å². The molecule has 1 aliphatic heterocycles. The highest BCUT2D eigenvalue weighted by Gasteiger charge is 2.29. The van der Waals surface area contributed by atoms with Crippen LogP contribution in [-0.4, -0.2) is 82.7 Å². The predicted octanol–water partition coefficient (Wildman–Crippen LogP) is 1.64. The van der Waals surface area contributed by atoms with Crippen molar-refractivity contribution in [3.05, 3.63) is 29.8 Å². The van der Waals surface area contributed by atoms with Crippen LogP contribution in [0.3, 0.4) is 0 Å². The molecule has 11 heteroatoms. The second kappa shape index (κ2) is 11.1. The summed E-state index contributed by atoms with van der Waals surface area (Å²) in [5.74, 6) is -0.196. The van der Waals surface area contributed by atoms with Gasteiger partial charge in [-0.25, -0.2) is 8.42 Å². The maximum absolute atomic E-state index is 12.6. The molecule has 1 N–H and O–H groups in total. The molecule has 1 heterocycles. The number of halogens is 3. The molecule has 0 unspecified atom stereocenters. The van der Waals surface area contributed by atoms with Crippen molar-refractivity contribution in [2.45, 2.75) is 30.3 Å². The summed E-state index contributed by atoms with van der Waals surface area (Å²) in [6.45, 7) is 0.984. The fourth-order valence-corrected chi connectivity index (χ4v) is 4.48. The first-order chi connectivity index (χ1) is 14.1. The second-order valence-corrected chi connectivity index (χ2v) is 9.15. The molecule has 0 radical (unpaired) electrons. The molecular weight excluding hydrogens is 423 g/mol. The lowest BCUT2D eigenvalue weighted by Gasteiger charge is -2.26. The number of benzene rings is 1. The zero-order chi connectivity index (χ0) is 22.2. The molecular formula is C19H28F3N3O4S. The van der Waals surface area contributed by atoms with Gasteiger partial charge in [0.1, 0.15) is 0 Å². The summed E-state index contributed by atoms with van der Waals surface area (Å²) in [7, 11) is -2.16. The monoisotopic (exact) mass is 451 g/mol. The number of amides is 1. The zero-order valence-electron chi connectivity index (χ0n) is 17.0. The Kier molecular flexibility index (Phi) is 9.08. The zero-order valence-corrected chi connectivity index (χ0v) is 17.8. The molecule has 0 bridgehead atoms. The first kappa shape index (κ1) is 24.6. The van der Waals surface area contributed by atoms with Gasteiger partial charge in [0.15, 0.2) is 0 Å². The Morgan fingerprint density at radius 1 is 1.20 bits per heavy atom. The molecule has 1 aliphatic rings. The molecule has 0 aliphatic carbocycles. The van der Waals surface area contributed by atoms with Gasteiger partial charge in [-0.05, 0) is 44.1 Å². The molecule has 7 nitrogen and oxygen atoms in total. The minimum Gasteiger partial charge on any atom is -0.379 e. The van der Waals surface area contributed by atoms with Crippen molar-refractivity contribution >= 4 is 15.9 Å². The highest BCUT2D eigenvalue weighted by molar-refractivity contribution is 7.89. The number of carbonyl (C=O) groups excluding carboxylic acids is 1. The van der Waals surface area contributed by atoms with Gasteiger partial charge >= 0.3 is 6.18 Å². The SMILES string of the molecule is CN(CCCNC(=O)CCc1ccc(S(=O)(=O)N2CCOCC2)cc1)CC(F)(F)F. The number of ether oxygens (including phenoxy) is 1. The summed E-state index contributed by atoms with van der Waals surface area (Å²) in [5, 5.41) is 2.69. The standard InChI is InChI=1S/C19H28F3N3O4S/c1-24(15-19(20,21)22)10-2-9-23-18(26)8-5-16-3-6-17(7-4-16)30(27,28)25-11-13-29-14-12-25/h3-4,6-7H,2,5,8-15H2,1H3,(H,23,26). The summed E-state index contributed by atoms with van der Waals surface area (Å²) >= 11 is 0. The molecule has 0 aromatic heterocycles. The van der Waals surface area contributed by atoms with Gasteiger partial charge in [0.25, 0.3) is 0 Å². The van der Waals surface area contributed by atoms with Crippen molar-refractivity contribution in [2.24, 2.45) is 0 Å².